The predicted molar refractivity (Wildman–Crippen MR) is 128 cm³/mol. The summed E-state index contributed by atoms with van der Waals surface area (Å²) in [6.45, 7) is 4.89. The number of rotatable bonds is 9. The highest BCUT2D eigenvalue weighted by Gasteiger charge is 2.35. The molecule has 1 aliphatic rings. The molecule has 5 N–H and O–H groups in total. The summed E-state index contributed by atoms with van der Waals surface area (Å²) in [4.78, 5) is 65.8. The van der Waals surface area contributed by atoms with Gasteiger partial charge in [-0.05, 0) is 43.2 Å². The average Bonchev–Trinajstić information content (AvgIpc) is 2.82. The van der Waals surface area contributed by atoms with Gasteiger partial charge in [-0.2, -0.15) is 13.2 Å². The Hall–Kier alpha value is -3.55. The zero-order valence-corrected chi connectivity index (χ0v) is 21.3. The van der Waals surface area contributed by atoms with Crippen molar-refractivity contribution in [1.82, 2.24) is 20.9 Å². The van der Waals surface area contributed by atoms with E-state index in [9.17, 15) is 42.3 Å². The fourth-order valence-electron chi connectivity index (χ4n) is 3.88. The minimum Gasteiger partial charge on any atom is -0.389 e. The Balaban J connectivity index is 2.15. The molecule has 3 atom stereocenters. The lowest BCUT2D eigenvalue weighted by molar-refractivity contribution is -0.141. The minimum absolute atomic E-state index is 0.0175. The van der Waals surface area contributed by atoms with Crippen molar-refractivity contribution in [3.63, 3.8) is 0 Å². The Morgan fingerprint density at radius 1 is 1.11 bits per heavy atom. The first-order valence-electron chi connectivity index (χ1n) is 12.0. The van der Waals surface area contributed by atoms with Crippen molar-refractivity contribution in [3.05, 3.63) is 23.9 Å². The second-order valence-corrected chi connectivity index (χ2v) is 10.2. The number of amides is 4. The lowest BCUT2D eigenvalue weighted by Crippen LogP contribution is -2.55. The maximum atomic E-state index is 13.1. The number of aliphatic hydroxyl groups excluding tert-OH is 1. The van der Waals surface area contributed by atoms with Crippen molar-refractivity contribution in [3.8, 4) is 0 Å². The third kappa shape index (κ3) is 9.39. The first-order valence-corrected chi connectivity index (χ1v) is 12.0. The molecule has 0 radical (unpaired) electrons. The number of alkyl halides is 3. The molecule has 0 unspecified atom stereocenters. The normalized spacial score (nSPS) is 17.6. The van der Waals surface area contributed by atoms with E-state index < -0.39 is 71.2 Å². The molecule has 0 bridgehead atoms. The molecule has 210 valence electrons. The number of halogens is 3. The highest BCUT2D eigenvalue weighted by molar-refractivity contribution is 6.39. The first kappa shape index (κ1) is 30.7. The lowest BCUT2D eigenvalue weighted by atomic mass is 9.87. The monoisotopic (exact) mass is 543 g/mol. The van der Waals surface area contributed by atoms with Crippen LogP contribution in [-0.2, 0) is 30.1 Å². The Morgan fingerprint density at radius 3 is 2.37 bits per heavy atom. The van der Waals surface area contributed by atoms with Crippen LogP contribution >= 0.6 is 0 Å². The number of pyridine rings is 1. The second-order valence-electron chi connectivity index (χ2n) is 10.2. The van der Waals surface area contributed by atoms with Crippen molar-refractivity contribution in [2.24, 2.45) is 11.3 Å². The number of anilines is 1. The Labute approximate surface area is 217 Å². The summed E-state index contributed by atoms with van der Waals surface area (Å²) < 4.78 is 38.6. The van der Waals surface area contributed by atoms with Gasteiger partial charge in [-0.3, -0.25) is 24.0 Å². The topological polar surface area (TPSA) is 167 Å². The number of hydrogen-bond acceptors (Lipinski definition) is 7. The highest BCUT2D eigenvalue weighted by Crippen LogP contribution is 2.28. The zero-order chi connectivity index (χ0) is 28.7. The molecule has 2 heterocycles. The number of aliphatic hydroxyl groups is 1. The number of aromatic nitrogens is 1. The molecular weight excluding hydrogens is 511 g/mol. The van der Waals surface area contributed by atoms with Crippen LogP contribution in [0, 0.1) is 11.3 Å². The van der Waals surface area contributed by atoms with Gasteiger partial charge in [-0.25, -0.2) is 4.98 Å². The van der Waals surface area contributed by atoms with Crippen LogP contribution in [0.5, 0.6) is 0 Å². The number of nitrogens with one attached hydrogen (secondary N) is 4. The third-order valence-electron chi connectivity index (χ3n) is 5.71. The van der Waals surface area contributed by atoms with Crippen LogP contribution in [0.2, 0.25) is 0 Å². The lowest BCUT2D eigenvalue weighted by Gasteiger charge is -2.29. The molecule has 11 nitrogen and oxygen atoms in total. The molecule has 1 fully saturated rings. The van der Waals surface area contributed by atoms with Crippen LogP contribution < -0.4 is 21.3 Å². The smallest absolute Gasteiger partial charge is 0.389 e. The van der Waals surface area contributed by atoms with Crippen LogP contribution in [0.4, 0.5) is 19.0 Å². The van der Waals surface area contributed by atoms with E-state index in [4.69, 9.17) is 0 Å². The van der Waals surface area contributed by atoms with E-state index in [-0.39, 0.29) is 18.7 Å². The quantitative estimate of drug-likeness (QED) is 0.289. The average molecular weight is 544 g/mol. The zero-order valence-electron chi connectivity index (χ0n) is 21.3. The van der Waals surface area contributed by atoms with Crippen molar-refractivity contribution in [2.45, 2.75) is 64.7 Å². The van der Waals surface area contributed by atoms with Gasteiger partial charge in [0, 0.05) is 12.5 Å². The van der Waals surface area contributed by atoms with E-state index in [2.05, 4.69) is 20.9 Å². The molecule has 0 saturated carbocycles. The molecule has 0 spiro atoms. The fourth-order valence-corrected chi connectivity index (χ4v) is 3.88. The van der Waals surface area contributed by atoms with Gasteiger partial charge in [-0.1, -0.05) is 26.8 Å². The molecule has 0 aromatic carbocycles. The number of carbonyl (C=O) groups is 5. The van der Waals surface area contributed by atoms with Gasteiger partial charge in [0.2, 0.25) is 11.8 Å². The SMILES string of the molecule is CC(C)(C)C[C@H](NC(=O)C(=O)Nc1cccc(C(F)(F)F)n1)C(=O)N[C@@H](C[C@@H]1CCCNC1=O)C(=O)CO. The summed E-state index contributed by atoms with van der Waals surface area (Å²) in [5.41, 5.74) is -1.82. The molecule has 1 aliphatic heterocycles. The molecule has 4 amide bonds. The summed E-state index contributed by atoms with van der Waals surface area (Å²) in [5, 5.41) is 18.7. The molecule has 1 aromatic rings. The molecular formula is C24H32F3N5O6. The molecule has 38 heavy (non-hydrogen) atoms. The molecule has 0 aliphatic carbocycles. The Kier molecular flexibility index (Phi) is 10.3. The van der Waals surface area contributed by atoms with Crippen LogP contribution in [0.25, 0.3) is 0 Å². The van der Waals surface area contributed by atoms with Crippen molar-refractivity contribution in [1.29, 1.82) is 0 Å². The fraction of sp³-hybridized carbons (Fsp3) is 0.583. The molecule has 1 aromatic heterocycles. The van der Waals surface area contributed by atoms with E-state index in [1.54, 1.807) is 20.8 Å². The van der Waals surface area contributed by atoms with Crippen LogP contribution in [0.1, 0.15) is 52.1 Å². The summed E-state index contributed by atoms with van der Waals surface area (Å²) in [6.07, 6.45) is -3.63. The van der Waals surface area contributed by atoms with E-state index in [0.717, 1.165) is 12.1 Å². The van der Waals surface area contributed by atoms with Gasteiger partial charge < -0.3 is 26.4 Å². The number of Topliss-reactive ketones (excluding diaryl/α,β-unsaturated/α-hetero) is 1. The van der Waals surface area contributed by atoms with E-state index in [0.29, 0.717) is 25.5 Å². The van der Waals surface area contributed by atoms with E-state index in [1.165, 1.54) is 0 Å². The largest absolute Gasteiger partial charge is 0.433 e. The molecule has 1 saturated heterocycles. The number of piperidine rings is 1. The minimum atomic E-state index is -4.76. The Morgan fingerprint density at radius 2 is 1.79 bits per heavy atom. The number of nitrogens with zero attached hydrogens (tertiary/aromatic N) is 1. The number of hydrogen-bond donors (Lipinski definition) is 5. The van der Waals surface area contributed by atoms with Crippen molar-refractivity contribution >= 4 is 35.2 Å². The van der Waals surface area contributed by atoms with Gasteiger partial charge in [0.15, 0.2) is 5.78 Å². The number of carbonyl (C=O) groups excluding carboxylic acids is 5. The third-order valence-corrected chi connectivity index (χ3v) is 5.71. The predicted octanol–water partition coefficient (Wildman–Crippen LogP) is 0.922. The van der Waals surface area contributed by atoms with E-state index >= 15 is 0 Å². The van der Waals surface area contributed by atoms with Crippen molar-refractivity contribution < 1.29 is 42.3 Å². The number of ketones is 1. The molecule has 14 heteroatoms. The first-order chi connectivity index (χ1) is 17.6. The van der Waals surface area contributed by atoms with Gasteiger partial charge in [0.25, 0.3) is 0 Å². The van der Waals surface area contributed by atoms with Gasteiger partial charge in [-0.15, -0.1) is 0 Å². The highest BCUT2D eigenvalue weighted by atomic mass is 19.4. The van der Waals surface area contributed by atoms with E-state index in [1.807, 2.05) is 5.32 Å². The summed E-state index contributed by atoms with van der Waals surface area (Å²) in [5.74, 6) is -5.59. The van der Waals surface area contributed by atoms with Crippen LogP contribution in [0.15, 0.2) is 18.2 Å². The van der Waals surface area contributed by atoms with Crippen LogP contribution in [0.3, 0.4) is 0 Å². The van der Waals surface area contributed by atoms with Crippen LogP contribution in [-0.4, -0.2) is 64.7 Å². The maximum absolute atomic E-state index is 13.1. The summed E-state index contributed by atoms with van der Waals surface area (Å²) in [6, 6.07) is 0.220. The molecule has 2 rings (SSSR count). The standard InChI is InChI=1S/C24H32F3N5O6/c1-23(2,3)11-15(20(36)29-14(16(34)12-33)10-13-6-5-9-28-19(13)35)30-21(37)22(38)32-18-8-4-7-17(31-18)24(25,26)27/h4,7-8,13-15,33H,5-6,9-12H2,1-3H3,(H,28,35)(H,29,36)(H,30,37)(H,31,32,38)/t13-,14-,15-/m0/s1. The summed E-state index contributed by atoms with van der Waals surface area (Å²) >= 11 is 0. The van der Waals surface area contributed by atoms with Gasteiger partial charge in [0.05, 0.1) is 6.04 Å². The van der Waals surface area contributed by atoms with Gasteiger partial charge >= 0.3 is 18.0 Å². The van der Waals surface area contributed by atoms with Gasteiger partial charge in [0.1, 0.15) is 24.2 Å². The Bertz CT molecular complexity index is 1060. The summed E-state index contributed by atoms with van der Waals surface area (Å²) in [7, 11) is 0. The second kappa shape index (κ2) is 12.8. The maximum Gasteiger partial charge on any atom is 0.433 e. The van der Waals surface area contributed by atoms with Crippen molar-refractivity contribution in [2.75, 3.05) is 18.5 Å².